The van der Waals surface area contributed by atoms with Crippen molar-refractivity contribution in [2.24, 2.45) is 0 Å². The third-order valence-electron chi connectivity index (χ3n) is 15.0. The van der Waals surface area contributed by atoms with Gasteiger partial charge in [0.25, 0.3) is 0 Å². The summed E-state index contributed by atoms with van der Waals surface area (Å²) in [6.07, 6.45) is -27.9. The highest BCUT2D eigenvalue weighted by atomic mass is 32.2. The van der Waals surface area contributed by atoms with Crippen LogP contribution in [-0.4, -0.2) is 119 Å². The third kappa shape index (κ3) is 19.0. The largest absolute Gasteiger partial charge is 0.416 e. The van der Waals surface area contributed by atoms with Gasteiger partial charge in [-0.1, -0.05) is 115 Å². The molecule has 2 aliphatic rings. The molecule has 2 fully saturated rings. The van der Waals surface area contributed by atoms with Crippen LogP contribution in [0.3, 0.4) is 0 Å². The smallest absolute Gasteiger partial charge is 0.383 e. The minimum absolute atomic E-state index is 0.00130. The van der Waals surface area contributed by atoms with Gasteiger partial charge < -0.3 is 38.2 Å². The minimum atomic E-state index is -5.56. The maximum Gasteiger partial charge on any atom is 0.416 e. The molecule has 2 aromatic heterocycles. The standard InChI is InChI=1S/2C41H40F5N3O3S/c1-27(28-10-12-29(13-11-28)30-14-16-32(17-15-30)41(44,45)46)49(33-18-20-47(21-19-33)22-23-52-2)38(51)25-48-36-9-4-3-7-34(36)37(50)24-39(48)53-26-31-6-5-8-35(42)40(31)43;1-27-22-29(28-12-14-32(15-13-28)41(44,45)46)10-11-30(27)24-48(33-16-18-47(19-17-33)20-21-52-2)38(51)25-49-36-9-4-3-7-34(36)37(50)23-39(49)53-26-31-6-5-8-35(42)40(31)43/h3-17,24,27,33H,18-23,25-26H2,1-2H3;3-15,22-23,33H,16-21,24-26H2,1-2H3/i2D3,18D2,19D2,20D2,21D2,26D2,27D,33D;2D3,3D,4D,5D,6D,7D,8D,9D,10D,11D,12D,13D,14D,15D,16D2,17D2,18D2,19D2,22D,23D,24D2,26D2,33D. The molecule has 8 aromatic carbocycles. The zero-order valence-electron chi connectivity index (χ0n) is 100. The van der Waals surface area contributed by atoms with E-state index in [9.17, 15) is 58.1 Å². The molecule has 1 atom stereocenters. The number of pyridine rings is 2. The number of carbonyl (C=O) groups is 2. The Balaban J connectivity index is 0.000000294. The number of alkyl halides is 6. The molecule has 0 radical (unpaired) electrons. The fourth-order valence-electron chi connectivity index (χ4n) is 9.78. The van der Waals surface area contributed by atoms with E-state index in [-0.39, 0.29) is 58.6 Å². The highest BCUT2D eigenvalue weighted by Crippen LogP contribution is 2.37. The predicted molar refractivity (Wildman–Crippen MR) is 395 cm³/mol. The van der Waals surface area contributed by atoms with Gasteiger partial charge in [0.15, 0.2) is 34.1 Å². The van der Waals surface area contributed by atoms with E-state index in [1.165, 1.54) is 36.4 Å². The maximum atomic E-state index is 15.9. The Kier molecular flexibility index (Phi) is 12.6. The summed E-state index contributed by atoms with van der Waals surface area (Å²) in [5.74, 6) is -11.7. The summed E-state index contributed by atoms with van der Waals surface area (Å²) in [6, 6.07) is -17.7. The van der Waals surface area contributed by atoms with E-state index < -0.39 is 372 Å². The third-order valence-corrected chi connectivity index (χ3v) is 16.7. The second-order valence-electron chi connectivity index (χ2n) is 21.9. The van der Waals surface area contributed by atoms with Crippen molar-refractivity contribution in [3.63, 3.8) is 0 Å². The Hall–Kier alpha value is -9.04. The number of fused-ring (bicyclic) bond motifs is 2. The van der Waals surface area contributed by atoms with Gasteiger partial charge in [-0.2, -0.15) is 26.3 Å². The lowest BCUT2D eigenvalue weighted by molar-refractivity contribution is -0.138. The van der Waals surface area contributed by atoms with Crippen molar-refractivity contribution in [3.05, 3.63) is 270 Å². The number of aromatic nitrogens is 2. The quantitative estimate of drug-likeness (QED) is 0.0428. The molecule has 12 rings (SSSR count). The van der Waals surface area contributed by atoms with Crippen LogP contribution in [0.4, 0.5) is 43.9 Å². The van der Waals surface area contributed by atoms with Crippen molar-refractivity contribution < 1.29 is 126 Å². The molecule has 0 bridgehead atoms. The van der Waals surface area contributed by atoms with Gasteiger partial charge in [-0.15, -0.1) is 23.5 Å². The van der Waals surface area contributed by atoms with E-state index in [1.807, 2.05) is 0 Å². The summed E-state index contributed by atoms with van der Waals surface area (Å²) in [6.45, 7) is -27.9. The highest BCUT2D eigenvalue weighted by Gasteiger charge is 2.35. The number of carbonyl (C=O) groups excluding carboxylic acids is 2. The second-order valence-corrected chi connectivity index (χ2v) is 23.5. The number of hydrogen-bond acceptors (Lipinski definition) is 10. The average molecular weight is 1550 g/mol. The Morgan fingerprint density at radius 2 is 1.18 bits per heavy atom. The minimum Gasteiger partial charge on any atom is -0.383 e. The van der Waals surface area contributed by atoms with Crippen molar-refractivity contribution in [1.29, 1.82) is 0 Å². The van der Waals surface area contributed by atoms with Crippen LogP contribution in [-0.2, 0) is 62.4 Å². The Morgan fingerprint density at radius 3 is 1.84 bits per heavy atom. The number of benzene rings is 8. The lowest BCUT2D eigenvalue weighted by atomic mass is 9.96. The summed E-state index contributed by atoms with van der Waals surface area (Å²) >= 11 is -0.563. The van der Waals surface area contributed by atoms with Gasteiger partial charge in [-0.25, -0.2) is 17.6 Å². The fourth-order valence-corrected chi connectivity index (χ4v) is 11.3. The van der Waals surface area contributed by atoms with Gasteiger partial charge in [0.2, 0.25) is 11.8 Å². The first kappa shape index (κ1) is 38.2. The van der Waals surface area contributed by atoms with Gasteiger partial charge in [0.05, 0.1) is 87.1 Å². The number of nitrogens with zero attached hydrogens (tertiary/aromatic N) is 6. The molecule has 24 heteroatoms. The maximum absolute atomic E-state index is 15.9. The summed E-state index contributed by atoms with van der Waals surface area (Å²) in [7, 11) is -6.45. The molecule has 12 nitrogen and oxygen atoms in total. The number of piperidine rings is 2. The number of amides is 2. The zero-order chi connectivity index (χ0) is 116. The number of para-hydroxylation sites is 2. The molecule has 10 aromatic rings. The molecule has 2 aliphatic heterocycles. The van der Waals surface area contributed by atoms with Crippen molar-refractivity contribution in [1.82, 2.24) is 28.7 Å². The van der Waals surface area contributed by atoms with Crippen molar-refractivity contribution in [3.8, 4) is 22.3 Å². The van der Waals surface area contributed by atoms with Crippen LogP contribution in [0.2, 0.25) is 0 Å². The molecule has 106 heavy (non-hydrogen) atoms. The summed E-state index contributed by atoms with van der Waals surface area (Å²) in [5, 5.41) is -3.38. The fraction of sp³-hybridized carbons (Fsp3) is 0.317. The molecule has 0 spiro atoms. The van der Waals surface area contributed by atoms with Gasteiger partial charge in [0.1, 0.15) is 13.1 Å². The van der Waals surface area contributed by atoms with E-state index in [1.54, 1.807) is 0 Å². The number of methoxy groups -OCH3 is 2. The average Bonchev–Trinajstić information content (AvgIpc) is 0.660. The number of likely N-dealkylation sites (tertiary alicyclic amines) is 2. The van der Waals surface area contributed by atoms with Gasteiger partial charge in [-0.3, -0.25) is 19.2 Å². The monoisotopic (exact) mass is 1540 g/mol. The van der Waals surface area contributed by atoms with E-state index in [0.717, 1.165) is 72.2 Å². The summed E-state index contributed by atoms with van der Waals surface area (Å²) in [4.78, 5) is 57.5. The number of rotatable bonds is 24. The van der Waals surface area contributed by atoms with E-state index in [2.05, 4.69) is 9.47 Å². The van der Waals surface area contributed by atoms with Crippen molar-refractivity contribution in [2.75, 3.05) is 66.4 Å². The van der Waals surface area contributed by atoms with E-state index in [0.29, 0.717) is 6.92 Å². The first-order chi connectivity index (χ1) is 68.8. The van der Waals surface area contributed by atoms with Crippen LogP contribution in [0.1, 0.15) is 140 Å². The molecule has 0 saturated carbocycles. The van der Waals surface area contributed by atoms with Crippen LogP contribution in [0, 0.1) is 30.2 Å². The van der Waals surface area contributed by atoms with Gasteiger partial charge in [-0.05, 0) is 139 Å². The zero-order valence-corrected chi connectivity index (χ0v) is 55.8. The van der Waals surface area contributed by atoms with Gasteiger partial charge in [0, 0.05) is 145 Å². The summed E-state index contributed by atoms with van der Waals surface area (Å²) in [5.41, 5.74) is -21.8. The van der Waals surface area contributed by atoms with E-state index >= 15 is 22.8 Å². The Labute approximate surface area is 681 Å². The molecule has 2 amide bonds. The number of thioether (sulfide) groups is 2. The normalized spacial score (nSPS) is 26.1. The summed E-state index contributed by atoms with van der Waals surface area (Å²) < 4.78 is 555. The number of hydrogen-bond donors (Lipinski definition) is 0. The van der Waals surface area contributed by atoms with E-state index in [4.69, 9.17) is 45.2 Å². The lowest BCUT2D eigenvalue weighted by Crippen LogP contribution is -2.49. The molecule has 4 heterocycles. The van der Waals surface area contributed by atoms with Crippen molar-refractivity contribution in [2.45, 2.75) is 111 Å². The van der Waals surface area contributed by atoms with Crippen LogP contribution in [0.5, 0.6) is 0 Å². The van der Waals surface area contributed by atoms with Crippen LogP contribution >= 0.6 is 23.5 Å². The van der Waals surface area contributed by atoms with Crippen molar-refractivity contribution >= 4 is 57.1 Å². The molecule has 1 unspecified atom stereocenters. The molecule has 0 aliphatic carbocycles. The number of ether oxygens (including phenoxy) is 2. The SMILES string of the molecule is [2H]C([2H])([2H])OCCN1C([2H])([2H])C([2H])([2H])C([2H])(N(C(=O)Cn2c(SC([2H])([2H])c3cccc(F)c3F)cc(=O)c3ccccc32)C([2H])(C)c2ccc(-c3ccc(C(F)(F)F)cc3)cc2)C([2H])([2H])C1([2H])[2H].[2H]c1c([2H])c(F)c(F)c(C([2H])([2H])Sc2c([2H])c(=O)c3c([2H])c([2H])c([2H])c([2H])c3n2CC(=O)N(C([2H])([2H])c2c([2H])c([2H])c(-c3c([2H])c([2H])c(C(F)(F)F)c([2H])c3[2H])c([2H])c2C)C2([2H])C([2H])([2H])C([2H])([2H])N(CCOC([2H])([2H])[2H])C([2H])([2H])C2([2H])[2H])c1[2H]. The molecule has 2 saturated heterocycles. The highest BCUT2D eigenvalue weighted by molar-refractivity contribution is 7.98. The molecular weight excluding hydrogens is 1420 g/mol. The molecular formula is C82H80F10N6O6S2. The molecule has 556 valence electrons. The second kappa shape index (κ2) is 35.1. The van der Waals surface area contributed by atoms with Crippen LogP contribution < -0.4 is 10.9 Å². The predicted octanol–water partition coefficient (Wildman–Crippen LogP) is 17.7. The Bertz CT molecular complexity index is 7160. The van der Waals surface area contributed by atoms with Gasteiger partial charge >= 0.3 is 12.4 Å². The topological polar surface area (TPSA) is 110 Å². The number of halogens is 10. The van der Waals surface area contributed by atoms with Crippen LogP contribution in [0.25, 0.3) is 44.1 Å². The first-order valence-corrected chi connectivity index (χ1v) is 32.0. The molecule has 0 N–H and O–H groups in total. The van der Waals surface area contributed by atoms with Crippen LogP contribution in [0.15, 0.2) is 207 Å². The lowest BCUT2D eigenvalue weighted by Gasteiger charge is -2.42. The first-order valence-electron chi connectivity index (χ1n) is 53.4. The Morgan fingerprint density at radius 1 is 0.594 bits per heavy atom.